The minimum Gasteiger partial charge on any atom is -0.511 e. The quantitative estimate of drug-likeness (QED) is 0.299. The molecule has 198 valence electrons. The van der Waals surface area contributed by atoms with E-state index in [-0.39, 0.29) is 17.7 Å². The number of hydrogen-bond acceptors (Lipinski definition) is 9. The zero-order chi connectivity index (χ0) is 27.8. The Bertz CT molecular complexity index is 1320. The van der Waals surface area contributed by atoms with E-state index >= 15 is 0 Å². The fraction of sp³-hybridized carbons (Fsp3) is 0.481. The van der Waals surface area contributed by atoms with Gasteiger partial charge in [-0.3, -0.25) is 19.2 Å². The number of aromatic hydroxyl groups is 1. The highest BCUT2D eigenvalue weighted by molar-refractivity contribution is 6.24. The first-order valence-electron chi connectivity index (χ1n) is 12.1. The van der Waals surface area contributed by atoms with Gasteiger partial charge in [-0.05, 0) is 16.9 Å². The normalized spacial score (nSPS) is 29.5. The van der Waals surface area contributed by atoms with Gasteiger partial charge in [0, 0.05) is 35.8 Å². The molecule has 0 saturated carbocycles. The van der Waals surface area contributed by atoms with Crippen LogP contribution < -0.4 is 5.73 Å². The molecule has 3 aliphatic carbocycles. The van der Waals surface area contributed by atoms with Gasteiger partial charge in [0.2, 0.25) is 5.78 Å². The van der Waals surface area contributed by atoms with Gasteiger partial charge >= 0.3 is 5.97 Å². The summed E-state index contributed by atoms with van der Waals surface area (Å²) < 4.78 is 5.67. The Hall–Kier alpha value is -3.66. The van der Waals surface area contributed by atoms with Crippen molar-refractivity contribution in [3.8, 4) is 5.75 Å². The van der Waals surface area contributed by atoms with Crippen molar-refractivity contribution in [1.29, 1.82) is 0 Å². The number of ether oxygens (including phenoxy) is 1. The summed E-state index contributed by atoms with van der Waals surface area (Å²) in [5.74, 6) is -9.30. The lowest BCUT2D eigenvalue weighted by Crippen LogP contribution is -2.63. The van der Waals surface area contributed by atoms with Crippen molar-refractivity contribution in [2.45, 2.75) is 70.5 Å². The molecule has 1 aromatic rings. The lowest BCUT2D eigenvalue weighted by atomic mass is 9.56. The number of esters is 1. The van der Waals surface area contributed by atoms with E-state index < -0.39 is 87.4 Å². The van der Waals surface area contributed by atoms with Crippen molar-refractivity contribution in [3.05, 3.63) is 51.5 Å². The lowest BCUT2D eigenvalue weighted by Gasteiger charge is -2.51. The Labute approximate surface area is 213 Å². The van der Waals surface area contributed by atoms with Crippen LogP contribution in [0.5, 0.6) is 5.75 Å². The van der Waals surface area contributed by atoms with E-state index in [1.54, 1.807) is 19.1 Å². The van der Waals surface area contributed by atoms with E-state index in [0.717, 1.165) is 0 Å². The average molecular weight is 514 g/mol. The summed E-state index contributed by atoms with van der Waals surface area (Å²) in [7, 11) is 0. The lowest BCUT2D eigenvalue weighted by molar-refractivity contribution is -0.174. The molecule has 10 nitrogen and oxygen atoms in total. The highest BCUT2D eigenvalue weighted by atomic mass is 16.5. The number of carbonyl (C=O) groups excluding carboxylic acids is 4. The predicted octanol–water partition coefficient (Wildman–Crippen LogP) is 2.37. The zero-order valence-corrected chi connectivity index (χ0v) is 21.3. The van der Waals surface area contributed by atoms with Gasteiger partial charge in [0.25, 0.3) is 5.91 Å². The Morgan fingerprint density at radius 1 is 1.16 bits per heavy atom. The fourth-order valence-corrected chi connectivity index (χ4v) is 5.96. The molecule has 6 N–H and O–H groups in total. The molecule has 4 rings (SSSR count). The van der Waals surface area contributed by atoms with Crippen LogP contribution in [0.3, 0.4) is 0 Å². The van der Waals surface area contributed by atoms with Crippen molar-refractivity contribution < 1.29 is 44.3 Å². The summed E-state index contributed by atoms with van der Waals surface area (Å²) in [4.78, 5) is 51.6. The minimum atomic E-state index is -2.87. The summed E-state index contributed by atoms with van der Waals surface area (Å²) in [6, 6.07) is 3.40. The molecule has 0 spiro atoms. The number of allylic oxidation sites excluding steroid dienone is 1. The first-order valence-corrected chi connectivity index (χ1v) is 12.1. The van der Waals surface area contributed by atoms with E-state index in [1.165, 1.54) is 6.92 Å². The number of amides is 1. The number of primary amides is 1. The number of Topliss-reactive ketones (excluding diaryl/α,β-unsaturated/α-hetero) is 2. The zero-order valence-electron chi connectivity index (χ0n) is 21.3. The van der Waals surface area contributed by atoms with E-state index in [9.17, 15) is 39.6 Å². The van der Waals surface area contributed by atoms with Gasteiger partial charge in [0.05, 0.1) is 5.56 Å². The highest BCUT2D eigenvalue weighted by Crippen LogP contribution is 2.56. The molecule has 0 bridgehead atoms. The summed E-state index contributed by atoms with van der Waals surface area (Å²) >= 11 is 0. The maximum Gasteiger partial charge on any atom is 0.305 e. The molecule has 3 aliphatic rings. The number of hydrogen-bond donors (Lipinski definition) is 5. The minimum absolute atomic E-state index is 0.0592. The van der Waals surface area contributed by atoms with Crippen molar-refractivity contribution in [2.75, 3.05) is 0 Å². The number of ketones is 2. The predicted molar refractivity (Wildman–Crippen MR) is 130 cm³/mol. The Kier molecular flexibility index (Phi) is 6.02. The SMILES string of the molecule is CCC(=O)O[C@H]1[C@H]2C(=C(O)[C@]3(O)C(=O)C(C(N)=O)=C(O)C[C@H]13)C(=O)c1c(ccc(C(C)(C)C)c1O)[C@@H]2C. The number of aliphatic hydroxyl groups excluding tert-OH is 2. The van der Waals surface area contributed by atoms with E-state index in [2.05, 4.69) is 0 Å². The fourth-order valence-electron chi connectivity index (χ4n) is 5.96. The van der Waals surface area contributed by atoms with Gasteiger partial charge in [-0.2, -0.15) is 0 Å². The second-order valence-electron chi connectivity index (χ2n) is 11.0. The molecule has 0 aliphatic heterocycles. The molecular formula is C27H31NO9. The topological polar surface area (TPSA) is 184 Å². The van der Waals surface area contributed by atoms with E-state index in [0.29, 0.717) is 11.1 Å². The molecule has 0 heterocycles. The number of phenolic OH excluding ortho intramolecular Hbond substituents is 1. The van der Waals surface area contributed by atoms with Gasteiger partial charge in [-0.15, -0.1) is 0 Å². The van der Waals surface area contributed by atoms with Crippen LogP contribution in [0.2, 0.25) is 0 Å². The van der Waals surface area contributed by atoms with Crippen molar-refractivity contribution >= 4 is 23.4 Å². The van der Waals surface area contributed by atoms with Crippen molar-refractivity contribution in [3.63, 3.8) is 0 Å². The summed E-state index contributed by atoms with van der Waals surface area (Å²) in [6.45, 7) is 8.81. The Morgan fingerprint density at radius 2 is 1.78 bits per heavy atom. The van der Waals surface area contributed by atoms with Crippen LogP contribution in [0, 0.1) is 11.8 Å². The second-order valence-corrected chi connectivity index (χ2v) is 11.0. The molecule has 10 heteroatoms. The van der Waals surface area contributed by atoms with Gasteiger partial charge in [0.1, 0.15) is 28.9 Å². The Balaban J connectivity index is 2.04. The van der Waals surface area contributed by atoms with Crippen LogP contribution >= 0.6 is 0 Å². The van der Waals surface area contributed by atoms with Crippen LogP contribution in [0.15, 0.2) is 34.8 Å². The molecule has 37 heavy (non-hydrogen) atoms. The number of benzene rings is 1. The van der Waals surface area contributed by atoms with E-state index in [1.807, 2.05) is 20.8 Å². The number of nitrogens with two attached hydrogens (primary N) is 1. The van der Waals surface area contributed by atoms with Gasteiger partial charge in [0.15, 0.2) is 11.4 Å². The maximum absolute atomic E-state index is 13.9. The number of fused-ring (bicyclic) bond motifs is 3. The number of rotatable bonds is 3. The van der Waals surface area contributed by atoms with Crippen molar-refractivity contribution in [1.82, 2.24) is 0 Å². The smallest absolute Gasteiger partial charge is 0.305 e. The van der Waals surface area contributed by atoms with Gasteiger partial charge in [-0.25, -0.2) is 0 Å². The summed E-state index contributed by atoms with van der Waals surface area (Å²) in [5.41, 5.74) is 1.39. The first kappa shape index (κ1) is 26.4. The van der Waals surface area contributed by atoms with Crippen LogP contribution in [-0.4, -0.2) is 55.6 Å². The largest absolute Gasteiger partial charge is 0.511 e. The van der Waals surface area contributed by atoms with Gasteiger partial charge in [-0.1, -0.05) is 46.8 Å². The molecule has 5 atom stereocenters. The molecule has 0 radical (unpaired) electrons. The average Bonchev–Trinajstić information content (AvgIpc) is 2.79. The molecule has 0 aromatic heterocycles. The number of carbonyl (C=O) groups is 4. The summed E-state index contributed by atoms with van der Waals surface area (Å²) in [6.07, 6.45) is -1.91. The molecule has 1 aromatic carbocycles. The molecular weight excluding hydrogens is 482 g/mol. The Morgan fingerprint density at radius 3 is 2.32 bits per heavy atom. The van der Waals surface area contributed by atoms with E-state index in [4.69, 9.17) is 10.5 Å². The van der Waals surface area contributed by atoms with Crippen molar-refractivity contribution in [2.24, 2.45) is 17.6 Å². The first-order chi connectivity index (χ1) is 17.1. The highest BCUT2D eigenvalue weighted by Gasteiger charge is 2.65. The van der Waals surface area contributed by atoms with Crippen LogP contribution in [0.25, 0.3) is 0 Å². The second kappa shape index (κ2) is 8.44. The standard InChI is InChI=1S/C27H31NO9/c1-6-15(30)37-22-13-9-14(29)18(25(28)35)23(33)27(13,36)24(34)19-16(22)10(2)11-7-8-12(26(3,4)5)20(31)17(11)21(19)32/h7-8,10,13,16,22,29,31,34,36H,6,9H2,1-5H3,(H2,28,35)/t10-,13+,16+,22+,27+/m0/s1. The third kappa shape index (κ3) is 3.57. The van der Waals surface area contributed by atoms with Crippen LogP contribution in [0.1, 0.15) is 74.9 Å². The molecule has 0 unspecified atom stereocenters. The van der Waals surface area contributed by atoms with Gasteiger partial charge < -0.3 is 30.9 Å². The third-order valence-corrected chi connectivity index (χ3v) is 7.83. The monoisotopic (exact) mass is 513 g/mol. The number of phenols is 1. The molecule has 1 amide bonds. The maximum atomic E-state index is 13.9. The summed E-state index contributed by atoms with van der Waals surface area (Å²) in [5, 5.41) is 44.6. The molecule has 0 saturated heterocycles. The van der Waals surface area contributed by atoms with Crippen LogP contribution in [0.4, 0.5) is 0 Å². The number of aliphatic hydroxyl groups is 3. The third-order valence-electron chi connectivity index (χ3n) is 7.83. The van der Waals surface area contributed by atoms with Crippen LogP contribution in [-0.2, 0) is 24.5 Å². The molecule has 0 fully saturated rings.